The molecule has 0 heterocycles. The van der Waals surface area contributed by atoms with Crippen LogP contribution in [0.3, 0.4) is 0 Å². The molecule has 0 amide bonds. The standard InChI is InChI=1S/C13H21NO2/c1-4-16-13-6-9(2)12(5-10(13)3)11(7-14)8-15/h5-6,11,15H,4,7-8,14H2,1-3H3. The zero-order valence-corrected chi connectivity index (χ0v) is 10.3. The zero-order chi connectivity index (χ0) is 12.1. The maximum Gasteiger partial charge on any atom is 0.122 e. The zero-order valence-electron chi connectivity index (χ0n) is 10.3. The Morgan fingerprint density at radius 1 is 1.31 bits per heavy atom. The number of ether oxygens (including phenoxy) is 1. The molecule has 90 valence electrons. The van der Waals surface area contributed by atoms with E-state index in [0.29, 0.717) is 13.2 Å². The van der Waals surface area contributed by atoms with E-state index in [4.69, 9.17) is 10.5 Å². The van der Waals surface area contributed by atoms with Crippen molar-refractivity contribution in [2.75, 3.05) is 19.8 Å². The van der Waals surface area contributed by atoms with Crippen LogP contribution in [-0.4, -0.2) is 24.9 Å². The summed E-state index contributed by atoms with van der Waals surface area (Å²) in [5.74, 6) is 0.937. The predicted molar refractivity (Wildman–Crippen MR) is 66.0 cm³/mol. The lowest BCUT2D eigenvalue weighted by molar-refractivity contribution is 0.267. The van der Waals surface area contributed by atoms with Gasteiger partial charge in [0.05, 0.1) is 13.2 Å². The van der Waals surface area contributed by atoms with Crippen LogP contribution in [0.5, 0.6) is 5.75 Å². The molecule has 1 aromatic carbocycles. The molecule has 3 N–H and O–H groups in total. The van der Waals surface area contributed by atoms with Crippen LogP contribution < -0.4 is 10.5 Å². The van der Waals surface area contributed by atoms with Crippen molar-refractivity contribution in [3.05, 3.63) is 28.8 Å². The number of hydrogen-bond donors (Lipinski definition) is 2. The lowest BCUT2D eigenvalue weighted by Gasteiger charge is -2.18. The molecule has 0 aromatic heterocycles. The number of benzene rings is 1. The summed E-state index contributed by atoms with van der Waals surface area (Å²) in [6.07, 6.45) is 0. The first-order chi connectivity index (χ1) is 7.63. The summed E-state index contributed by atoms with van der Waals surface area (Å²) in [5, 5.41) is 9.26. The Morgan fingerprint density at radius 3 is 2.50 bits per heavy atom. The Kier molecular flexibility index (Phi) is 4.77. The van der Waals surface area contributed by atoms with E-state index < -0.39 is 0 Å². The summed E-state index contributed by atoms with van der Waals surface area (Å²) in [4.78, 5) is 0. The largest absolute Gasteiger partial charge is 0.494 e. The van der Waals surface area contributed by atoms with Gasteiger partial charge in [0.2, 0.25) is 0 Å². The number of aryl methyl sites for hydroxylation is 2. The molecule has 3 nitrogen and oxygen atoms in total. The molecular weight excluding hydrogens is 202 g/mol. The Labute approximate surface area is 97.2 Å². The minimum absolute atomic E-state index is 0.0226. The third-order valence-electron chi connectivity index (χ3n) is 2.81. The minimum atomic E-state index is 0.0226. The number of aliphatic hydroxyl groups is 1. The van der Waals surface area contributed by atoms with Gasteiger partial charge < -0.3 is 15.6 Å². The smallest absolute Gasteiger partial charge is 0.122 e. The van der Waals surface area contributed by atoms with E-state index in [-0.39, 0.29) is 12.5 Å². The SMILES string of the molecule is CCOc1cc(C)c(C(CN)CO)cc1C. The second kappa shape index (κ2) is 5.87. The Hall–Kier alpha value is -1.06. The highest BCUT2D eigenvalue weighted by Crippen LogP contribution is 2.27. The van der Waals surface area contributed by atoms with Crippen molar-refractivity contribution >= 4 is 0 Å². The summed E-state index contributed by atoms with van der Waals surface area (Å²) in [7, 11) is 0. The van der Waals surface area contributed by atoms with Crippen LogP contribution in [0.25, 0.3) is 0 Å². The van der Waals surface area contributed by atoms with E-state index >= 15 is 0 Å². The van der Waals surface area contributed by atoms with E-state index in [1.165, 1.54) is 0 Å². The van der Waals surface area contributed by atoms with Gasteiger partial charge in [-0.25, -0.2) is 0 Å². The summed E-state index contributed by atoms with van der Waals surface area (Å²) in [6.45, 7) is 7.23. The highest BCUT2D eigenvalue weighted by Gasteiger charge is 2.13. The monoisotopic (exact) mass is 223 g/mol. The van der Waals surface area contributed by atoms with Gasteiger partial charge in [-0.1, -0.05) is 6.07 Å². The summed E-state index contributed by atoms with van der Waals surface area (Å²) in [6, 6.07) is 4.08. The number of aliphatic hydroxyl groups excluding tert-OH is 1. The number of rotatable bonds is 5. The third kappa shape index (κ3) is 2.74. The van der Waals surface area contributed by atoms with Gasteiger partial charge in [0.15, 0.2) is 0 Å². The van der Waals surface area contributed by atoms with E-state index in [1.807, 2.05) is 26.8 Å². The first-order valence-corrected chi connectivity index (χ1v) is 5.68. The van der Waals surface area contributed by atoms with Crippen LogP contribution in [0.1, 0.15) is 29.5 Å². The molecule has 0 bridgehead atoms. The molecule has 1 atom stereocenters. The van der Waals surface area contributed by atoms with Gasteiger partial charge in [-0.3, -0.25) is 0 Å². The Bertz CT molecular complexity index is 346. The molecule has 0 aliphatic heterocycles. The average molecular weight is 223 g/mol. The molecule has 16 heavy (non-hydrogen) atoms. The van der Waals surface area contributed by atoms with Crippen LogP contribution in [0, 0.1) is 13.8 Å². The molecule has 0 aliphatic rings. The van der Waals surface area contributed by atoms with Gasteiger partial charge in [0, 0.05) is 12.5 Å². The van der Waals surface area contributed by atoms with Gasteiger partial charge >= 0.3 is 0 Å². The first-order valence-electron chi connectivity index (χ1n) is 5.68. The lowest BCUT2D eigenvalue weighted by Crippen LogP contribution is -2.17. The average Bonchev–Trinajstić information content (AvgIpc) is 2.26. The molecule has 1 unspecified atom stereocenters. The van der Waals surface area contributed by atoms with Crippen molar-refractivity contribution in [3.8, 4) is 5.75 Å². The van der Waals surface area contributed by atoms with Gasteiger partial charge in [-0.05, 0) is 43.5 Å². The van der Waals surface area contributed by atoms with E-state index in [9.17, 15) is 5.11 Å². The lowest BCUT2D eigenvalue weighted by atomic mass is 9.93. The van der Waals surface area contributed by atoms with Crippen LogP contribution in [0.2, 0.25) is 0 Å². The van der Waals surface area contributed by atoms with Gasteiger partial charge in [-0.2, -0.15) is 0 Å². The highest BCUT2D eigenvalue weighted by molar-refractivity contribution is 5.43. The quantitative estimate of drug-likeness (QED) is 0.799. The number of hydrogen-bond acceptors (Lipinski definition) is 3. The first kappa shape index (κ1) is 13.0. The van der Waals surface area contributed by atoms with Crippen molar-refractivity contribution in [2.45, 2.75) is 26.7 Å². The van der Waals surface area contributed by atoms with Crippen molar-refractivity contribution in [1.82, 2.24) is 0 Å². The molecule has 0 radical (unpaired) electrons. The van der Waals surface area contributed by atoms with Crippen LogP contribution in [-0.2, 0) is 0 Å². The maximum absolute atomic E-state index is 9.26. The highest BCUT2D eigenvalue weighted by atomic mass is 16.5. The second-order valence-electron chi connectivity index (χ2n) is 4.02. The fraction of sp³-hybridized carbons (Fsp3) is 0.538. The molecule has 3 heteroatoms. The van der Waals surface area contributed by atoms with Crippen molar-refractivity contribution in [2.24, 2.45) is 5.73 Å². The molecule has 0 saturated heterocycles. The Balaban J connectivity index is 3.08. The Morgan fingerprint density at radius 2 is 2.00 bits per heavy atom. The van der Waals surface area contributed by atoms with Crippen LogP contribution in [0.15, 0.2) is 12.1 Å². The molecule has 0 saturated carbocycles. The van der Waals surface area contributed by atoms with Crippen molar-refractivity contribution in [1.29, 1.82) is 0 Å². The maximum atomic E-state index is 9.26. The molecule has 1 aromatic rings. The fourth-order valence-electron chi connectivity index (χ4n) is 1.86. The summed E-state index contributed by atoms with van der Waals surface area (Å²) >= 11 is 0. The number of nitrogens with two attached hydrogens (primary N) is 1. The fourth-order valence-corrected chi connectivity index (χ4v) is 1.86. The summed E-state index contributed by atoms with van der Waals surface area (Å²) in [5.41, 5.74) is 8.97. The third-order valence-corrected chi connectivity index (χ3v) is 2.81. The van der Waals surface area contributed by atoms with Crippen LogP contribution in [0.4, 0.5) is 0 Å². The molecular formula is C13H21NO2. The van der Waals surface area contributed by atoms with E-state index in [2.05, 4.69) is 6.07 Å². The topological polar surface area (TPSA) is 55.5 Å². The molecule has 0 spiro atoms. The van der Waals surface area contributed by atoms with Crippen LogP contribution >= 0.6 is 0 Å². The summed E-state index contributed by atoms with van der Waals surface area (Å²) < 4.78 is 5.53. The molecule has 0 aliphatic carbocycles. The predicted octanol–water partition coefficient (Wildman–Crippen LogP) is 1.74. The van der Waals surface area contributed by atoms with Gasteiger partial charge in [0.1, 0.15) is 5.75 Å². The van der Waals surface area contributed by atoms with E-state index in [0.717, 1.165) is 22.4 Å². The van der Waals surface area contributed by atoms with E-state index in [1.54, 1.807) is 0 Å². The van der Waals surface area contributed by atoms with Gasteiger partial charge in [-0.15, -0.1) is 0 Å². The second-order valence-corrected chi connectivity index (χ2v) is 4.02. The van der Waals surface area contributed by atoms with Gasteiger partial charge in [0.25, 0.3) is 0 Å². The van der Waals surface area contributed by atoms with Crippen molar-refractivity contribution in [3.63, 3.8) is 0 Å². The normalized spacial score (nSPS) is 12.6. The minimum Gasteiger partial charge on any atom is -0.494 e. The molecule has 0 fully saturated rings. The van der Waals surface area contributed by atoms with Crippen molar-refractivity contribution < 1.29 is 9.84 Å². The molecule has 1 rings (SSSR count).